The van der Waals surface area contributed by atoms with E-state index in [1.807, 2.05) is 60.7 Å². The van der Waals surface area contributed by atoms with Crippen molar-refractivity contribution in [2.45, 2.75) is 0 Å². The van der Waals surface area contributed by atoms with Crippen LogP contribution in [0.2, 0.25) is 0 Å². The van der Waals surface area contributed by atoms with Crippen LogP contribution in [0.5, 0.6) is 0 Å². The van der Waals surface area contributed by atoms with Crippen molar-refractivity contribution in [3.05, 3.63) is 90.5 Å². The van der Waals surface area contributed by atoms with Crippen LogP contribution in [0.25, 0.3) is 33.3 Å². The molecule has 0 amide bonds. The van der Waals surface area contributed by atoms with Gasteiger partial charge in [-0.05, 0) is 35.4 Å². The lowest BCUT2D eigenvalue weighted by Gasteiger charge is -2.10. The molecule has 2 nitrogen and oxygen atoms in total. The molecule has 0 radical (unpaired) electrons. The fraction of sp³-hybridized carbons (Fsp3) is 0. The van der Waals surface area contributed by atoms with Gasteiger partial charge in [0.1, 0.15) is 0 Å². The molecule has 0 N–H and O–H groups in total. The van der Waals surface area contributed by atoms with E-state index in [0.717, 1.165) is 22.2 Å². The molecule has 0 aliphatic rings. The Balaban J connectivity index is 1.96. The summed E-state index contributed by atoms with van der Waals surface area (Å²) >= 11 is 0. The summed E-state index contributed by atoms with van der Waals surface area (Å²) in [6.45, 7) is 0. The van der Waals surface area contributed by atoms with Crippen LogP contribution in [0.3, 0.4) is 0 Å². The van der Waals surface area contributed by atoms with Crippen LogP contribution < -0.4 is 0 Å². The Morgan fingerprint density at radius 1 is 0.708 bits per heavy atom. The van der Waals surface area contributed by atoms with Gasteiger partial charge >= 0.3 is 0 Å². The average molecular weight is 306 g/mol. The molecule has 0 aliphatic heterocycles. The fourth-order valence-corrected chi connectivity index (χ4v) is 2.90. The molecule has 0 saturated heterocycles. The molecule has 24 heavy (non-hydrogen) atoms. The van der Waals surface area contributed by atoms with E-state index in [-0.39, 0.29) is 0 Å². The zero-order valence-corrected chi connectivity index (χ0v) is 13.0. The molecule has 4 aromatic rings. The number of rotatable bonds is 2. The molecule has 4 rings (SSSR count). The Labute approximate surface area is 140 Å². The predicted molar refractivity (Wildman–Crippen MR) is 97.3 cm³/mol. The lowest BCUT2D eigenvalue weighted by Crippen LogP contribution is -1.90. The molecule has 0 aliphatic carbocycles. The maximum absolute atomic E-state index is 8.97. The topological polar surface area (TPSA) is 36.7 Å². The average Bonchev–Trinajstić information content (AvgIpc) is 2.68. The van der Waals surface area contributed by atoms with Gasteiger partial charge in [0.25, 0.3) is 0 Å². The molecule has 0 unspecified atom stereocenters. The minimum atomic E-state index is 0.655. The van der Waals surface area contributed by atoms with E-state index in [1.165, 1.54) is 11.1 Å². The van der Waals surface area contributed by atoms with Crippen molar-refractivity contribution in [3.63, 3.8) is 0 Å². The molecule has 0 spiro atoms. The molecule has 1 aromatic heterocycles. The largest absolute Gasteiger partial charge is 0.248 e. The second-order valence-electron chi connectivity index (χ2n) is 5.63. The van der Waals surface area contributed by atoms with E-state index < -0.39 is 0 Å². The zero-order chi connectivity index (χ0) is 16.4. The highest BCUT2D eigenvalue weighted by molar-refractivity contribution is 5.96. The highest BCUT2D eigenvalue weighted by Crippen LogP contribution is 2.31. The van der Waals surface area contributed by atoms with Gasteiger partial charge in [0, 0.05) is 10.9 Å². The van der Waals surface area contributed by atoms with Gasteiger partial charge in [-0.25, -0.2) is 4.98 Å². The van der Waals surface area contributed by atoms with E-state index >= 15 is 0 Å². The van der Waals surface area contributed by atoms with Crippen molar-refractivity contribution in [2.75, 3.05) is 0 Å². The standard InChI is InChI=1S/C22H14N2/c23-15-16-10-12-18(13-11-16)22-14-20(17-6-2-1-3-7-17)19-8-4-5-9-21(19)24-22/h1-14H. The summed E-state index contributed by atoms with van der Waals surface area (Å²) in [6.07, 6.45) is 0. The molecule has 0 atom stereocenters. The lowest BCUT2D eigenvalue weighted by atomic mass is 9.98. The third-order valence-corrected chi connectivity index (χ3v) is 4.11. The summed E-state index contributed by atoms with van der Waals surface area (Å²) in [5.74, 6) is 0. The normalized spacial score (nSPS) is 10.5. The first-order valence-electron chi connectivity index (χ1n) is 7.81. The van der Waals surface area contributed by atoms with Gasteiger partial charge in [-0.2, -0.15) is 5.26 Å². The van der Waals surface area contributed by atoms with Crippen molar-refractivity contribution < 1.29 is 0 Å². The van der Waals surface area contributed by atoms with Gasteiger partial charge in [-0.3, -0.25) is 0 Å². The molecule has 0 bridgehead atoms. The zero-order valence-electron chi connectivity index (χ0n) is 13.0. The highest BCUT2D eigenvalue weighted by atomic mass is 14.7. The molecule has 0 saturated carbocycles. The van der Waals surface area contributed by atoms with Gasteiger partial charge in [-0.1, -0.05) is 60.7 Å². The highest BCUT2D eigenvalue weighted by Gasteiger charge is 2.09. The third kappa shape index (κ3) is 2.53. The van der Waals surface area contributed by atoms with Crippen molar-refractivity contribution >= 4 is 10.9 Å². The van der Waals surface area contributed by atoms with Crippen LogP contribution >= 0.6 is 0 Å². The number of hydrogen-bond donors (Lipinski definition) is 0. The fourth-order valence-electron chi connectivity index (χ4n) is 2.90. The minimum Gasteiger partial charge on any atom is -0.248 e. The molecule has 2 heteroatoms. The number of aromatic nitrogens is 1. The van der Waals surface area contributed by atoms with Gasteiger partial charge in [-0.15, -0.1) is 0 Å². The third-order valence-electron chi connectivity index (χ3n) is 4.11. The summed E-state index contributed by atoms with van der Waals surface area (Å²) in [7, 11) is 0. The minimum absolute atomic E-state index is 0.655. The second-order valence-corrected chi connectivity index (χ2v) is 5.63. The number of para-hydroxylation sites is 1. The molecular formula is C22H14N2. The molecule has 0 fully saturated rings. The number of nitrogens with zero attached hydrogens (tertiary/aromatic N) is 2. The lowest BCUT2D eigenvalue weighted by molar-refractivity contribution is 1.39. The van der Waals surface area contributed by atoms with E-state index in [1.54, 1.807) is 0 Å². The van der Waals surface area contributed by atoms with Crippen molar-refractivity contribution in [3.8, 4) is 28.5 Å². The first-order chi connectivity index (χ1) is 11.8. The van der Waals surface area contributed by atoms with E-state index in [9.17, 15) is 0 Å². The summed E-state index contributed by atoms with van der Waals surface area (Å²) < 4.78 is 0. The Hall–Kier alpha value is -3.44. The van der Waals surface area contributed by atoms with Crippen LogP contribution in [0, 0.1) is 11.3 Å². The van der Waals surface area contributed by atoms with Crippen molar-refractivity contribution in [1.82, 2.24) is 4.98 Å². The number of pyridine rings is 1. The molecule has 3 aromatic carbocycles. The molecule has 1 heterocycles. The predicted octanol–water partition coefficient (Wildman–Crippen LogP) is 5.44. The maximum Gasteiger partial charge on any atom is 0.0991 e. The number of hydrogen-bond acceptors (Lipinski definition) is 2. The van der Waals surface area contributed by atoms with Crippen LogP contribution in [-0.4, -0.2) is 4.98 Å². The van der Waals surface area contributed by atoms with Crippen LogP contribution in [0.15, 0.2) is 84.9 Å². The van der Waals surface area contributed by atoms with Gasteiger partial charge in [0.05, 0.1) is 22.8 Å². The SMILES string of the molecule is N#Cc1ccc(-c2cc(-c3ccccc3)c3ccccc3n2)cc1. The van der Waals surface area contributed by atoms with Crippen molar-refractivity contribution in [1.29, 1.82) is 5.26 Å². The van der Waals surface area contributed by atoms with Gasteiger partial charge in [0.2, 0.25) is 0 Å². The smallest absolute Gasteiger partial charge is 0.0991 e. The number of benzene rings is 3. The first kappa shape index (κ1) is 14.2. The molecule has 112 valence electrons. The van der Waals surface area contributed by atoms with Gasteiger partial charge < -0.3 is 0 Å². The second kappa shape index (κ2) is 5.98. The van der Waals surface area contributed by atoms with Crippen LogP contribution in [0.4, 0.5) is 0 Å². The Morgan fingerprint density at radius 2 is 1.42 bits per heavy atom. The summed E-state index contributed by atoms with van der Waals surface area (Å²) in [4.78, 5) is 4.80. The van der Waals surface area contributed by atoms with E-state index in [4.69, 9.17) is 10.2 Å². The summed E-state index contributed by atoms with van der Waals surface area (Å²) in [5, 5.41) is 10.1. The van der Waals surface area contributed by atoms with E-state index in [0.29, 0.717) is 5.56 Å². The van der Waals surface area contributed by atoms with Crippen LogP contribution in [-0.2, 0) is 0 Å². The summed E-state index contributed by atoms with van der Waals surface area (Å²) in [5.41, 5.74) is 5.89. The van der Waals surface area contributed by atoms with E-state index in [2.05, 4.69) is 30.3 Å². The quantitative estimate of drug-likeness (QED) is 0.494. The molecular weight excluding hydrogens is 292 g/mol. The number of fused-ring (bicyclic) bond motifs is 1. The summed E-state index contributed by atoms with van der Waals surface area (Å²) in [6, 6.07) is 30.4. The Morgan fingerprint density at radius 3 is 2.17 bits per heavy atom. The van der Waals surface area contributed by atoms with Gasteiger partial charge in [0.15, 0.2) is 0 Å². The Kier molecular flexibility index (Phi) is 3.53. The Bertz CT molecular complexity index is 1040. The van der Waals surface area contributed by atoms with Crippen molar-refractivity contribution in [2.24, 2.45) is 0 Å². The monoisotopic (exact) mass is 306 g/mol. The van der Waals surface area contributed by atoms with Crippen LogP contribution in [0.1, 0.15) is 5.56 Å². The maximum atomic E-state index is 8.97. The first-order valence-corrected chi connectivity index (χ1v) is 7.81. The number of nitriles is 1.